The smallest absolute Gasteiger partial charge is 0.240 e. The third-order valence-corrected chi connectivity index (χ3v) is 2.96. The van der Waals surface area contributed by atoms with Crippen LogP contribution in [0.5, 0.6) is 0 Å². The van der Waals surface area contributed by atoms with E-state index in [0.717, 1.165) is 0 Å². The van der Waals surface area contributed by atoms with Gasteiger partial charge in [-0.25, -0.2) is 0 Å². The van der Waals surface area contributed by atoms with Crippen molar-refractivity contribution in [1.29, 1.82) is 5.26 Å². The lowest BCUT2D eigenvalue weighted by molar-refractivity contribution is -0.134. The Bertz CT molecular complexity index is 413. The molecule has 84 valence electrons. The first-order valence-corrected chi connectivity index (χ1v) is 5.25. The summed E-state index contributed by atoms with van der Waals surface area (Å²) in [5, 5.41) is 15.4. The second-order valence-electron chi connectivity index (χ2n) is 4.38. The van der Waals surface area contributed by atoms with Crippen LogP contribution in [-0.4, -0.2) is 11.1 Å². The highest BCUT2D eigenvalue weighted by molar-refractivity contribution is 5.86. The van der Waals surface area contributed by atoms with E-state index in [0.29, 0.717) is 31.0 Å². The average Bonchev–Trinajstić information content (AvgIpc) is 2.73. The molecule has 16 heavy (non-hydrogen) atoms. The van der Waals surface area contributed by atoms with Gasteiger partial charge >= 0.3 is 0 Å². The van der Waals surface area contributed by atoms with Gasteiger partial charge in [-0.05, 0) is 18.8 Å². The second-order valence-corrected chi connectivity index (χ2v) is 4.38. The van der Waals surface area contributed by atoms with E-state index in [9.17, 15) is 4.79 Å². The fraction of sp³-hybridized carbons (Fsp3) is 0.545. The number of carbonyl (C=O) groups excluding carboxylic acids is 1. The summed E-state index contributed by atoms with van der Waals surface area (Å²) in [5.41, 5.74) is -0.155. The standard InChI is InChI=1S/C11H13N3O2/c1-8-4-11(5-8,7-12)10(15)13-6-9-2-3-16-14-9/h2-3,8H,4-6H2,1H3,(H,13,15). The maximum absolute atomic E-state index is 11.8. The molecule has 1 saturated carbocycles. The van der Waals surface area contributed by atoms with Crippen LogP contribution in [0, 0.1) is 22.7 Å². The first-order chi connectivity index (χ1) is 7.66. The van der Waals surface area contributed by atoms with Gasteiger partial charge in [-0.3, -0.25) is 4.79 Å². The van der Waals surface area contributed by atoms with E-state index >= 15 is 0 Å². The van der Waals surface area contributed by atoms with E-state index in [1.165, 1.54) is 6.26 Å². The van der Waals surface area contributed by atoms with E-state index in [1.807, 2.05) is 6.92 Å². The lowest BCUT2D eigenvalue weighted by Crippen LogP contribution is -2.47. The summed E-state index contributed by atoms with van der Waals surface area (Å²) >= 11 is 0. The Labute approximate surface area is 93.4 Å². The van der Waals surface area contributed by atoms with Crippen LogP contribution in [0.15, 0.2) is 16.9 Å². The number of carbonyl (C=O) groups is 1. The van der Waals surface area contributed by atoms with Crippen LogP contribution in [0.4, 0.5) is 0 Å². The maximum Gasteiger partial charge on any atom is 0.240 e. The van der Waals surface area contributed by atoms with E-state index in [1.54, 1.807) is 6.07 Å². The molecule has 1 aromatic heterocycles. The van der Waals surface area contributed by atoms with Crippen molar-refractivity contribution in [1.82, 2.24) is 10.5 Å². The molecule has 0 saturated heterocycles. The highest BCUT2D eigenvalue weighted by Gasteiger charge is 2.48. The van der Waals surface area contributed by atoms with Gasteiger partial charge in [0.2, 0.25) is 5.91 Å². The molecule has 0 aromatic carbocycles. The van der Waals surface area contributed by atoms with Gasteiger partial charge in [-0.2, -0.15) is 5.26 Å². The van der Waals surface area contributed by atoms with E-state index in [2.05, 4.69) is 21.1 Å². The Kier molecular flexibility index (Phi) is 2.65. The van der Waals surface area contributed by atoms with Crippen LogP contribution in [0.3, 0.4) is 0 Å². The number of hydrogen-bond donors (Lipinski definition) is 1. The van der Waals surface area contributed by atoms with Gasteiger partial charge in [0.1, 0.15) is 17.4 Å². The molecule has 1 aliphatic rings. The van der Waals surface area contributed by atoms with Gasteiger partial charge in [0, 0.05) is 6.07 Å². The summed E-state index contributed by atoms with van der Waals surface area (Å²) in [4.78, 5) is 11.8. The number of nitrogens with one attached hydrogen (secondary N) is 1. The monoisotopic (exact) mass is 219 g/mol. The van der Waals surface area contributed by atoms with Crippen molar-refractivity contribution in [2.75, 3.05) is 0 Å². The summed E-state index contributed by atoms with van der Waals surface area (Å²) in [5.74, 6) is 0.258. The van der Waals surface area contributed by atoms with Crippen molar-refractivity contribution in [2.45, 2.75) is 26.3 Å². The zero-order valence-corrected chi connectivity index (χ0v) is 9.06. The predicted molar refractivity (Wildman–Crippen MR) is 54.8 cm³/mol. The van der Waals surface area contributed by atoms with Crippen molar-refractivity contribution in [2.24, 2.45) is 11.3 Å². The minimum absolute atomic E-state index is 0.198. The second kappa shape index (κ2) is 3.97. The highest BCUT2D eigenvalue weighted by atomic mass is 16.5. The normalized spacial score (nSPS) is 27.9. The molecular weight excluding hydrogens is 206 g/mol. The molecular formula is C11H13N3O2. The predicted octanol–water partition coefficient (Wildman–Crippen LogP) is 1.23. The SMILES string of the molecule is CC1CC(C#N)(C(=O)NCc2ccon2)C1. The van der Waals surface area contributed by atoms with E-state index < -0.39 is 5.41 Å². The summed E-state index contributed by atoms with van der Waals surface area (Å²) in [6, 6.07) is 3.80. The molecule has 2 rings (SSSR count). The van der Waals surface area contributed by atoms with Gasteiger partial charge < -0.3 is 9.84 Å². The first kappa shape index (κ1) is 10.7. The van der Waals surface area contributed by atoms with Crippen LogP contribution < -0.4 is 5.32 Å². The molecule has 0 atom stereocenters. The molecule has 1 heterocycles. The van der Waals surface area contributed by atoms with Crippen molar-refractivity contribution in [3.8, 4) is 6.07 Å². The molecule has 1 amide bonds. The molecule has 1 N–H and O–H groups in total. The summed E-state index contributed by atoms with van der Waals surface area (Å²) < 4.78 is 4.65. The van der Waals surface area contributed by atoms with Crippen molar-refractivity contribution in [3.05, 3.63) is 18.0 Å². The Balaban J connectivity index is 1.91. The van der Waals surface area contributed by atoms with Crippen LogP contribution in [0.1, 0.15) is 25.5 Å². The van der Waals surface area contributed by atoms with Crippen LogP contribution in [0.25, 0.3) is 0 Å². The molecule has 1 aliphatic carbocycles. The minimum atomic E-state index is -0.816. The molecule has 0 bridgehead atoms. The van der Waals surface area contributed by atoms with Gasteiger partial charge in [0.25, 0.3) is 0 Å². The largest absolute Gasteiger partial charge is 0.364 e. The zero-order chi connectivity index (χ0) is 11.6. The number of amides is 1. The van der Waals surface area contributed by atoms with E-state index in [4.69, 9.17) is 5.26 Å². The molecule has 0 spiro atoms. The minimum Gasteiger partial charge on any atom is -0.364 e. The number of nitrogens with zero attached hydrogens (tertiary/aromatic N) is 2. The van der Waals surface area contributed by atoms with Crippen LogP contribution >= 0.6 is 0 Å². The third kappa shape index (κ3) is 1.78. The number of nitriles is 1. The fourth-order valence-electron chi connectivity index (χ4n) is 2.13. The Morgan fingerprint density at radius 3 is 3.06 bits per heavy atom. The number of aromatic nitrogens is 1. The van der Waals surface area contributed by atoms with Crippen LogP contribution in [-0.2, 0) is 11.3 Å². The van der Waals surface area contributed by atoms with Crippen LogP contribution in [0.2, 0.25) is 0 Å². The Hall–Kier alpha value is -1.83. The molecule has 5 nitrogen and oxygen atoms in total. The molecule has 5 heteroatoms. The molecule has 0 unspecified atom stereocenters. The molecule has 0 radical (unpaired) electrons. The zero-order valence-electron chi connectivity index (χ0n) is 9.06. The lowest BCUT2D eigenvalue weighted by atomic mass is 9.63. The van der Waals surface area contributed by atoms with Crippen molar-refractivity contribution >= 4 is 5.91 Å². The van der Waals surface area contributed by atoms with Crippen molar-refractivity contribution < 1.29 is 9.32 Å². The molecule has 0 aliphatic heterocycles. The Morgan fingerprint density at radius 1 is 1.81 bits per heavy atom. The molecule has 1 aromatic rings. The number of hydrogen-bond acceptors (Lipinski definition) is 4. The van der Waals surface area contributed by atoms with Crippen molar-refractivity contribution in [3.63, 3.8) is 0 Å². The average molecular weight is 219 g/mol. The topological polar surface area (TPSA) is 78.9 Å². The highest BCUT2D eigenvalue weighted by Crippen LogP contribution is 2.45. The lowest BCUT2D eigenvalue weighted by Gasteiger charge is -2.39. The third-order valence-electron chi connectivity index (χ3n) is 2.96. The number of rotatable bonds is 3. The molecule has 1 fully saturated rings. The summed E-state index contributed by atoms with van der Waals surface area (Å²) in [6.45, 7) is 2.35. The fourth-order valence-corrected chi connectivity index (χ4v) is 2.13. The van der Waals surface area contributed by atoms with Gasteiger partial charge in [-0.1, -0.05) is 12.1 Å². The summed E-state index contributed by atoms with van der Waals surface area (Å²) in [7, 11) is 0. The quantitative estimate of drug-likeness (QED) is 0.829. The summed E-state index contributed by atoms with van der Waals surface area (Å²) in [6.07, 6.45) is 2.75. The van der Waals surface area contributed by atoms with E-state index in [-0.39, 0.29) is 5.91 Å². The van der Waals surface area contributed by atoms with Gasteiger partial charge in [-0.15, -0.1) is 0 Å². The van der Waals surface area contributed by atoms with Gasteiger partial charge in [0.05, 0.1) is 12.6 Å². The first-order valence-electron chi connectivity index (χ1n) is 5.25. The Morgan fingerprint density at radius 2 is 2.56 bits per heavy atom. The van der Waals surface area contributed by atoms with Gasteiger partial charge in [0.15, 0.2) is 0 Å². The maximum atomic E-state index is 11.8.